The normalized spacial score (nSPS) is 11.0. The van der Waals surface area contributed by atoms with E-state index in [1.54, 1.807) is 10.6 Å². The van der Waals surface area contributed by atoms with Crippen LogP contribution in [0.2, 0.25) is 17.3 Å². The van der Waals surface area contributed by atoms with Gasteiger partial charge in [-0.3, -0.25) is 0 Å². The van der Waals surface area contributed by atoms with Gasteiger partial charge in [-0.1, -0.05) is 12.1 Å². The van der Waals surface area contributed by atoms with Gasteiger partial charge >= 0.3 is 143 Å². The van der Waals surface area contributed by atoms with Crippen LogP contribution in [0.15, 0.2) is 103 Å². The number of thiophene rings is 1. The van der Waals surface area contributed by atoms with E-state index in [-0.39, 0.29) is 20.1 Å². The minimum atomic E-state index is -1.82. The van der Waals surface area contributed by atoms with Crippen LogP contribution in [0.3, 0.4) is 0 Å². The molecule has 0 aliphatic carbocycles. The number of hydrogen-bond donors (Lipinski definition) is 0. The van der Waals surface area contributed by atoms with Crippen LogP contribution in [0.25, 0.3) is 42.7 Å². The third-order valence-corrected chi connectivity index (χ3v) is 11.3. The van der Waals surface area contributed by atoms with Gasteiger partial charge in [0.25, 0.3) is 0 Å². The topological polar surface area (TPSA) is 25.8 Å². The SMILES string of the molecule is [CH3][Ge]([CH3])([CH3])[c]1ccc2sc3cnc(-c4[c-]cccc4)cc3c2c1.[Ir].[c-]1ccccc1-c1ccccn1. The summed E-state index contributed by atoms with van der Waals surface area (Å²) in [6.07, 6.45) is 3.80. The Morgan fingerprint density at radius 2 is 1.33 bits per heavy atom. The van der Waals surface area contributed by atoms with Crippen molar-refractivity contribution in [3.63, 3.8) is 0 Å². The maximum Gasteiger partial charge on any atom is 0.0160 e. The quantitative estimate of drug-likeness (QED) is 0.137. The Balaban J connectivity index is 0.000000198. The summed E-state index contributed by atoms with van der Waals surface area (Å²) in [7, 11) is 0. The van der Waals surface area contributed by atoms with Crippen molar-refractivity contribution in [3.8, 4) is 22.5 Å². The fourth-order valence-electron chi connectivity index (χ4n) is 3.92. The molecule has 1 radical (unpaired) electrons. The van der Waals surface area contributed by atoms with Gasteiger partial charge in [0.2, 0.25) is 0 Å². The zero-order valence-corrected chi connectivity index (χ0v) is 25.8. The molecule has 0 unspecified atom stereocenters. The number of aromatic nitrogens is 2. The minimum absolute atomic E-state index is 0. The summed E-state index contributed by atoms with van der Waals surface area (Å²) in [5, 5.41) is 2.70. The monoisotopic (exact) mass is 725 g/mol. The second kappa shape index (κ2) is 11.6. The Hall–Kier alpha value is -2.63. The zero-order chi connectivity index (χ0) is 24.3. The van der Waals surface area contributed by atoms with E-state index in [0.29, 0.717) is 0 Å². The third kappa shape index (κ3) is 6.01. The number of benzene rings is 3. The van der Waals surface area contributed by atoms with Crippen LogP contribution in [-0.4, -0.2) is 23.2 Å². The molecule has 3 heterocycles. The van der Waals surface area contributed by atoms with E-state index in [2.05, 4.69) is 69.7 Å². The minimum Gasteiger partial charge on any atom is -0.305 e. The molecule has 0 aliphatic rings. The van der Waals surface area contributed by atoms with Crippen LogP contribution in [-0.2, 0) is 20.1 Å². The van der Waals surface area contributed by atoms with E-state index in [0.717, 1.165) is 22.5 Å². The molecule has 36 heavy (non-hydrogen) atoms. The summed E-state index contributed by atoms with van der Waals surface area (Å²) < 4.78 is 4.17. The van der Waals surface area contributed by atoms with Gasteiger partial charge in [0.1, 0.15) is 0 Å². The summed E-state index contributed by atoms with van der Waals surface area (Å²) >= 11 is 0.0146. The fraction of sp³-hybridized carbons (Fsp3) is 0.0968. The van der Waals surface area contributed by atoms with Crippen LogP contribution in [0.1, 0.15) is 0 Å². The van der Waals surface area contributed by atoms with Gasteiger partial charge in [-0.2, -0.15) is 0 Å². The molecule has 3 aromatic carbocycles. The van der Waals surface area contributed by atoms with Crippen molar-refractivity contribution in [1.29, 1.82) is 0 Å². The van der Waals surface area contributed by atoms with Crippen molar-refractivity contribution in [2.75, 3.05) is 0 Å². The Morgan fingerprint density at radius 3 is 1.94 bits per heavy atom. The average Bonchev–Trinajstić information content (AvgIpc) is 3.27. The average molecular weight is 723 g/mol. The molecule has 6 rings (SSSR count). The van der Waals surface area contributed by atoms with Gasteiger partial charge in [0.05, 0.1) is 0 Å². The Kier molecular flexibility index (Phi) is 8.53. The van der Waals surface area contributed by atoms with Crippen LogP contribution in [0, 0.1) is 12.1 Å². The maximum atomic E-state index is 4.63. The molecular weight excluding hydrogens is 697 g/mol. The molecule has 0 fully saturated rings. The summed E-state index contributed by atoms with van der Waals surface area (Å²) in [6.45, 7) is 0. The van der Waals surface area contributed by atoms with Crippen molar-refractivity contribution in [3.05, 3.63) is 116 Å². The summed E-state index contributed by atoms with van der Waals surface area (Å²) in [6, 6.07) is 37.4. The fourth-order valence-corrected chi connectivity index (χ4v) is 7.40. The third-order valence-electron chi connectivity index (χ3n) is 5.86. The molecule has 0 spiro atoms. The van der Waals surface area contributed by atoms with Crippen LogP contribution < -0.4 is 4.40 Å². The van der Waals surface area contributed by atoms with E-state index in [4.69, 9.17) is 0 Å². The molecule has 0 aliphatic heterocycles. The molecular formula is C31H26GeIrN2S-2. The van der Waals surface area contributed by atoms with E-state index in [9.17, 15) is 0 Å². The predicted octanol–water partition coefficient (Wildman–Crippen LogP) is 8.01. The van der Waals surface area contributed by atoms with Gasteiger partial charge in [-0.15, -0.1) is 35.9 Å². The maximum absolute atomic E-state index is 4.63. The van der Waals surface area contributed by atoms with E-state index >= 15 is 0 Å². The largest absolute Gasteiger partial charge is 0.305 e. The smallest absolute Gasteiger partial charge is 0.0160 e. The van der Waals surface area contributed by atoms with Crippen molar-refractivity contribution < 1.29 is 20.1 Å². The first kappa shape index (κ1) is 26.4. The van der Waals surface area contributed by atoms with Gasteiger partial charge in [0.15, 0.2) is 0 Å². The number of rotatable bonds is 3. The summed E-state index contributed by atoms with van der Waals surface area (Å²) in [4.78, 5) is 8.85. The zero-order valence-electron chi connectivity index (χ0n) is 20.5. The van der Waals surface area contributed by atoms with Crippen LogP contribution >= 0.6 is 11.3 Å². The predicted molar refractivity (Wildman–Crippen MR) is 153 cm³/mol. The van der Waals surface area contributed by atoms with Crippen molar-refractivity contribution in [1.82, 2.24) is 9.97 Å². The van der Waals surface area contributed by atoms with E-state index in [1.165, 1.54) is 20.2 Å². The van der Waals surface area contributed by atoms with Crippen molar-refractivity contribution >= 4 is 49.2 Å². The number of hydrogen-bond acceptors (Lipinski definition) is 3. The first-order valence-electron chi connectivity index (χ1n) is 11.7. The number of fused-ring (bicyclic) bond motifs is 3. The van der Waals surface area contributed by atoms with Crippen LogP contribution in [0.5, 0.6) is 0 Å². The first-order chi connectivity index (χ1) is 17.0. The summed E-state index contributed by atoms with van der Waals surface area (Å²) in [5.74, 6) is 7.34. The van der Waals surface area contributed by atoms with Crippen molar-refractivity contribution in [2.24, 2.45) is 0 Å². The molecule has 0 saturated heterocycles. The molecule has 3 aromatic heterocycles. The number of pyridine rings is 2. The molecule has 0 saturated carbocycles. The van der Waals surface area contributed by atoms with Crippen molar-refractivity contribution in [2.45, 2.75) is 17.3 Å². The molecule has 6 aromatic rings. The Bertz CT molecular complexity index is 1520. The molecule has 0 amide bonds. The molecule has 2 nitrogen and oxygen atoms in total. The Morgan fingerprint density at radius 1 is 0.667 bits per heavy atom. The molecule has 0 atom stereocenters. The summed E-state index contributed by atoms with van der Waals surface area (Å²) in [5.41, 5.74) is 4.06. The van der Waals surface area contributed by atoms with Gasteiger partial charge in [0, 0.05) is 26.3 Å². The molecule has 0 N–H and O–H groups in total. The Labute approximate surface area is 233 Å². The van der Waals surface area contributed by atoms with E-state index < -0.39 is 13.3 Å². The first-order valence-corrected chi connectivity index (χ1v) is 19.8. The van der Waals surface area contributed by atoms with Gasteiger partial charge < -0.3 is 4.98 Å². The molecule has 5 heteroatoms. The second-order valence-electron chi connectivity index (χ2n) is 9.40. The second-order valence-corrected chi connectivity index (χ2v) is 21.1. The molecule has 181 valence electrons. The standard InChI is InChI=1S/C20H18GeNS.C11H8N.Ir/c1-21(2,3)15-9-10-19-16(11-15)17-12-18(22-13-20(17)23-19)14-7-5-4-6-8-14;1-2-6-10(7-3-1)11-8-4-5-9-12-11;/h4-7,9-13H,1-3H3;1-6,8-9H;/q2*-1;. The van der Waals surface area contributed by atoms with E-state index in [1.807, 2.05) is 78.2 Å². The molecule has 0 bridgehead atoms. The van der Waals surface area contributed by atoms with Gasteiger partial charge in [-0.05, 0) is 11.8 Å². The van der Waals surface area contributed by atoms with Gasteiger partial charge in [-0.25, -0.2) is 0 Å². The number of nitrogens with zero attached hydrogens (tertiary/aromatic N) is 2. The van der Waals surface area contributed by atoms with Crippen LogP contribution in [0.4, 0.5) is 0 Å².